The summed E-state index contributed by atoms with van der Waals surface area (Å²) in [5, 5.41) is 11.8. The molecule has 0 aromatic heterocycles. The van der Waals surface area contributed by atoms with Gasteiger partial charge in [0.25, 0.3) is 11.8 Å². The molecule has 4 N–H and O–H groups in total. The maximum Gasteiger partial charge on any atom is 0.416 e. The lowest BCUT2D eigenvalue weighted by Gasteiger charge is -2.17. The number of anilines is 2. The first kappa shape index (κ1) is 24.6. The van der Waals surface area contributed by atoms with E-state index in [2.05, 4.69) is 20.9 Å². The van der Waals surface area contributed by atoms with Crippen LogP contribution in [0.5, 0.6) is 0 Å². The molecule has 3 rings (SSSR count). The van der Waals surface area contributed by atoms with Gasteiger partial charge in [0.1, 0.15) is 5.70 Å². The summed E-state index contributed by atoms with van der Waals surface area (Å²) in [6.45, 7) is -0.620. The molecule has 180 valence electrons. The van der Waals surface area contributed by atoms with Crippen LogP contribution in [0.1, 0.15) is 15.9 Å². The molecule has 12 heteroatoms. The highest BCUT2D eigenvalue weighted by Gasteiger charge is 2.36. The normalized spacial score (nSPS) is 13.7. The summed E-state index contributed by atoms with van der Waals surface area (Å²) in [5.41, 5.74) is 3.39. The lowest BCUT2D eigenvalue weighted by atomic mass is 10.1. The Morgan fingerprint density at radius 1 is 1.15 bits per heavy atom. The molecule has 2 aromatic carbocycles. The van der Waals surface area contributed by atoms with Crippen molar-refractivity contribution in [2.75, 3.05) is 37.5 Å². The number of β-amino-alcohol motifs (C(OH)–C–C–N with tert-alkyl or cyclic N) is 1. The number of ether oxygens (including phenoxy) is 1. The summed E-state index contributed by atoms with van der Waals surface area (Å²) in [4.78, 5) is 38.9. The van der Waals surface area contributed by atoms with Crippen LogP contribution in [0.2, 0.25) is 0 Å². The zero-order valence-corrected chi connectivity index (χ0v) is 17.9. The molecular weight excluding hydrogens is 457 g/mol. The molecule has 1 aliphatic heterocycles. The van der Waals surface area contributed by atoms with E-state index < -0.39 is 35.1 Å². The fourth-order valence-corrected chi connectivity index (χ4v) is 3.22. The number of hydrazine groups is 1. The van der Waals surface area contributed by atoms with E-state index >= 15 is 0 Å². The van der Waals surface area contributed by atoms with Crippen LogP contribution in [0, 0.1) is 0 Å². The molecule has 2 amide bonds. The van der Waals surface area contributed by atoms with Gasteiger partial charge in [0.05, 0.1) is 48.3 Å². The van der Waals surface area contributed by atoms with Crippen LogP contribution in [-0.2, 0) is 20.5 Å². The number of methoxy groups -OCH3 is 1. The smallest absolute Gasteiger partial charge is 0.416 e. The van der Waals surface area contributed by atoms with Crippen LogP contribution >= 0.6 is 0 Å². The molecule has 2 aromatic rings. The maximum absolute atomic E-state index is 13.3. The number of aliphatic hydroxyl groups is 1. The van der Waals surface area contributed by atoms with Gasteiger partial charge in [-0.05, 0) is 30.3 Å². The van der Waals surface area contributed by atoms with Crippen LogP contribution in [0.25, 0.3) is 0 Å². The Morgan fingerprint density at radius 2 is 1.85 bits per heavy atom. The van der Waals surface area contributed by atoms with Crippen molar-refractivity contribution in [2.45, 2.75) is 6.18 Å². The van der Waals surface area contributed by atoms with E-state index in [-0.39, 0.29) is 36.7 Å². The number of aliphatic hydroxyl groups excluding tert-OH is 1. The average Bonchev–Trinajstić information content (AvgIpc) is 3.12. The Morgan fingerprint density at radius 3 is 2.47 bits per heavy atom. The molecule has 9 nitrogen and oxygen atoms in total. The largest absolute Gasteiger partial charge is 0.466 e. The Kier molecular flexibility index (Phi) is 7.41. The lowest BCUT2D eigenvalue weighted by Crippen LogP contribution is -2.32. The van der Waals surface area contributed by atoms with Crippen LogP contribution in [0.15, 0.2) is 59.8 Å². The van der Waals surface area contributed by atoms with E-state index in [0.29, 0.717) is 11.8 Å². The molecule has 0 bridgehead atoms. The van der Waals surface area contributed by atoms with Crippen molar-refractivity contribution in [3.63, 3.8) is 0 Å². The number of carbonyl (C=O) groups is 3. The first-order chi connectivity index (χ1) is 16.2. The fraction of sp³-hybridized carbons (Fsp3) is 0.227. The molecular formula is C22H21F3N4O5. The summed E-state index contributed by atoms with van der Waals surface area (Å²) < 4.78 is 44.6. The Hall–Kier alpha value is -4.06. The van der Waals surface area contributed by atoms with E-state index in [1.54, 1.807) is 30.3 Å². The van der Waals surface area contributed by atoms with E-state index in [9.17, 15) is 27.6 Å². The Labute approximate surface area is 192 Å². The van der Waals surface area contributed by atoms with Crippen molar-refractivity contribution in [2.24, 2.45) is 0 Å². The zero-order chi connectivity index (χ0) is 24.9. The molecule has 1 aliphatic rings. The maximum atomic E-state index is 13.3. The minimum absolute atomic E-state index is 0.0775. The predicted molar refractivity (Wildman–Crippen MR) is 115 cm³/mol. The van der Waals surface area contributed by atoms with Gasteiger partial charge in [-0.15, -0.1) is 0 Å². The van der Waals surface area contributed by atoms with Gasteiger partial charge < -0.3 is 20.1 Å². The summed E-state index contributed by atoms with van der Waals surface area (Å²) in [6.07, 6.45) is -4.72. The topological polar surface area (TPSA) is 120 Å². The van der Waals surface area contributed by atoms with Crippen molar-refractivity contribution in [1.29, 1.82) is 0 Å². The summed E-state index contributed by atoms with van der Waals surface area (Å²) in [5.74, 6) is -2.43. The summed E-state index contributed by atoms with van der Waals surface area (Å²) in [6, 6.07) is 10.8. The van der Waals surface area contributed by atoms with Crippen molar-refractivity contribution < 1.29 is 37.4 Å². The quantitative estimate of drug-likeness (QED) is 0.339. The molecule has 0 saturated carbocycles. The number of hydrogen-bond acceptors (Lipinski definition) is 7. The van der Waals surface area contributed by atoms with Gasteiger partial charge in [0.2, 0.25) is 0 Å². The van der Waals surface area contributed by atoms with Gasteiger partial charge >= 0.3 is 12.1 Å². The minimum atomic E-state index is -4.72. The Balaban J connectivity index is 1.97. The highest BCUT2D eigenvalue weighted by Crippen LogP contribution is 2.33. The number of esters is 1. The number of benzene rings is 2. The number of alkyl halides is 3. The number of carbonyl (C=O) groups excluding carboxylic acids is 3. The average molecular weight is 478 g/mol. The molecule has 0 spiro atoms. The van der Waals surface area contributed by atoms with Gasteiger partial charge in [0.15, 0.2) is 0 Å². The van der Waals surface area contributed by atoms with Gasteiger partial charge in [-0.25, -0.2) is 4.79 Å². The van der Waals surface area contributed by atoms with E-state index in [4.69, 9.17) is 5.11 Å². The highest BCUT2D eigenvalue weighted by molar-refractivity contribution is 6.10. The molecule has 0 saturated heterocycles. The molecule has 0 unspecified atom stereocenters. The van der Waals surface area contributed by atoms with Crippen LogP contribution in [0.3, 0.4) is 0 Å². The number of halogens is 3. The number of amides is 2. The molecule has 1 heterocycles. The third kappa shape index (κ3) is 5.46. The molecule has 0 fully saturated rings. The zero-order valence-electron chi connectivity index (χ0n) is 17.9. The molecule has 0 radical (unpaired) electrons. The Bertz CT molecular complexity index is 1120. The second-order valence-corrected chi connectivity index (χ2v) is 7.12. The van der Waals surface area contributed by atoms with Crippen molar-refractivity contribution >= 4 is 29.2 Å². The third-order valence-electron chi connectivity index (χ3n) is 4.90. The van der Waals surface area contributed by atoms with Gasteiger partial charge in [-0.1, -0.05) is 18.2 Å². The summed E-state index contributed by atoms with van der Waals surface area (Å²) in [7, 11) is 1.11. The van der Waals surface area contributed by atoms with E-state index in [1.165, 1.54) is 0 Å². The van der Waals surface area contributed by atoms with Crippen molar-refractivity contribution in [3.8, 4) is 0 Å². The van der Waals surface area contributed by atoms with Crippen molar-refractivity contribution in [1.82, 2.24) is 10.3 Å². The van der Waals surface area contributed by atoms with E-state index in [0.717, 1.165) is 24.1 Å². The first-order valence-corrected chi connectivity index (χ1v) is 9.97. The predicted octanol–water partition coefficient (Wildman–Crippen LogP) is 2.14. The van der Waals surface area contributed by atoms with Gasteiger partial charge in [-0.2, -0.15) is 13.2 Å². The molecule has 0 aliphatic carbocycles. The lowest BCUT2D eigenvalue weighted by molar-refractivity contribution is -0.138. The second kappa shape index (κ2) is 10.3. The monoisotopic (exact) mass is 478 g/mol. The molecule has 0 atom stereocenters. The summed E-state index contributed by atoms with van der Waals surface area (Å²) >= 11 is 0. The van der Waals surface area contributed by atoms with Crippen LogP contribution < -0.4 is 16.2 Å². The van der Waals surface area contributed by atoms with Crippen LogP contribution in [-0.4, -0.2) is 54.6 Å². The third-order valence-corrected chi connectivity index (χ3v) is 4.90. The number of para-hydroxylation sites is 1. The first-order valence-electron chi connectivity index (χ1n) is 9.97. The molecule has 34 heavy (non-hydrogen) atoms. The number of nitrogens with zero attached hydrogens (tertiary/aromatic N) is 1. The number of nitrogens with one attached hydrogen (secondary N) is 3. The van der Waals surface area contributed by atoms with Gasteiger partial charge in [0, 0.05) is 6.54 Å². The highest BCUT2D eigenvalue weighted by atomic mass is 19.4. The number of rotatable bonds is 8. The minimum Gasteiger partial charge on any atom is -0.466 e. The van der Waals surface area contributed by atoms with Crippen LogP contribution in [0.4, 0.5) is 24.5 Å². The number of hydrogen-bond donors (Lipinski definition) is 4. The van der Waals surface area contributed by atoms with E-state index in [1.807, 2.05) is 0 Å². The van der Waals surface area contributed by atoms with Gasteiger partial charge in [-0.3, -0.25) is 20.4 Å². The SMILES string of the molecule is COC(=O)C1=C(Nc2ccc(C(F)(F)F)cc2C(=O)NNc2ccccc2)C(=O)N(CCO)C1. The fourth-order valence-electron chi connectivity index (χ4n) is 3.22. The second-order valence-electron chi connectivity index (χ2n) is 7.12. The standard InChI is InChI=1S/C22H21F3N4O5/c1-34-21(33)16-12-29(9-10-30)20(32)18(16)26-17-8-7-13(22(23,24)25)11-15(17)19(31)28-27-14-5-3-2-4-6-14/h2-8,11,26-27,30H,9-10,12H2,1H3,(H,28,31). The van der Waals surface area contributed by atoms with Crippen molar-refractivity contribution in [3.05, 3.63) is 70.9 Å².